The highest BCUT2D eigenvalue weighted by Gasteiger charge is 2.33. The summed E-state index contributed by atoms with van der Waals surface area (Å²) in [5.74, 6) is -0.492. The van der Waals surface area contributed by atoms with Crippen LogP contribution in [0.4, 0.5) is 18.9 Å². The molecule has 7 nitrogen and oxygen atoms in total. The van der Waals surface area contributed by atoms with Gasteiger partial charge in [-0.25, -0.2) is 9.97 Å². The highest BCUT2D eigenvalue weighted by molar-refractivity contribution is 6.03. The van der Waals surface area contributed by atoms with Gasteiger partial charge in [-0.2, -0.15) is 13.2 Å². The van der Waals surface area contributed by atoms with Crippen molar-refractivity contribution < 1.29 is 23.1 Å². The van der Waals surface area contributed by atoms with Crippen LogP contribution in [0.3, 0.4) is 0 Å². The van der Waals surface area contributed by atoms with Gasteiger partial charge in [0.15, 0.2) is 0 Å². The zero-order chi connectivity index (χ0) is 23.1. The Morgan fingerprint density at radius 2 is 1.91 bits per heavy atom. The number of aromatic nitrogens is 3. The third-order valence-corrected chi connectivity index (χ3v) is 5.55. The maximum absolute atomic E-state index is 13.0. The van der Waals surface area contributed by atoms with Gasteiger partial charge >= 0.3 is 6.18 Å². The van der Waals surface area contributed by atoms with E-state index >= 15 is 0 Å². The first-order chi connectivity index (χ1) is 15.0. The van der Waals surface area contributed by atoms with Crippen LogP contribution in [0.1, 0.15) is 60.0 Å². The van der Waals surface area contributed by atoms with Gasteiger partial charge in [0.2, 0.25) is 0 Å². The fourth-order valence-electron chi connectivity index (χ4n) is 3.88. The number of piperidine rings is 1. The number of fused-ring (bicyclic) bond motifs is 1. The van der Waals surface area contributed by atoms with E-state index in [1.807, 2.05) is 6.20 Å². The second-order valence-electron chi connectivity index (χ2n) is 8.48. The number of pyridine rings is 2. The molecule has 0 atom stereocenters. The molecule has 3 N–H and O–H groups in total. The fraction of sp³-hybridized carbons (Fsp3) is 0.409. The summed E-state index contributed by atoms with van der Waals surface area (Å²) in [6.07, 6.45) is 0.777. The smallest absolute Gasteiger partial charge is 0.386 e. The summed E-state index contributed by atoms with van der Waals surface area (Å²) in [5.41, 5.74) is -0.641. The fourth-order valence-corrected chi connectivity index (χ4v) is 3.88. The van der Waals surface area contributed by atoms with Gasteiger partial charge in [-0.3, -0.25) is 4.79 Å². The average molecular weight is 447 g/mol. The largest absolute Gasteiger partial charge is 0.433 e. The van der Waals surface area contributed by atoms with Crippen molar-refractivity contribution in [3.05, 3.63) is 59.3 Å². The Hall–Kier alpha value is -2.98. The second kappa shape index (κ2) is 8.18. The van der Waals surface area contributed by atoms with Gasteiger partial charge in [-0.05, 0) is 58.0 Å². The van der Waals surface area contributed by atoms with E-state index in [9.17, 15) is 23.1 Å². The number of imidazole rings is 1. The lowest BCUT2D eigenvalue weighted by Crippen LogP contribution is -2.26. The van der Waals surface area contributed by atoms with Crippen molar-refractivity contribution in [2.75, 3.05) is 18.4 Å². The zero-order valence-electron chi connectivity index (χ0n) is 17.7. The lowest BCUT2D eigenvalue weighted by molar-refractivity contribution is -0.141. The molecular formula is C22H24F3N5O2. The second-order valence-corrected chi connectivity index (χ2v) is 8.48. The normalized spacial score (nSPS) is 15.8. The summed E-state index contributed by atoms with van der Waals surface area (Å²) in [7, 11) is 0. The number of rotatable bonds is 4. The molecule has 0 radical (unpaired) electrons. The van der Waals surface area contributed by atoms with Crippen molar-refractivity contribution in [3.63, 3.8) is 0 Å². The van der Waals surface area contributed by atoms with Crippen LogP contribution in [-0.4, -0.2) is 38.5 Å². The molecule has 1 saturated heterocycles. The molecule has 1 aliphatic rings. The number of hydrogen-bond donors (Lipinski definition) is 3. The Bertz CT molecular complexity index is 1140. The van der Waals surface area contributed by atoms with Crippen LogP contribution in [0.15, 0.2) is 36.7 Å². The van der Waals surface area contributed by atoms with Crippen LogP contribution in [0, 0.1) is 0 Å². The number of aliphatic hydroxyl groups is 1. The number of carbonyl (C=O) groups excluding carboxylic acids is 1. The van der Waals surface area contributed by atoms with E-state index in [0.29, 0.717) is 17.1 Å². The Kier molecular flexibility index (Phi) is 5.68. The molecule has 1 aliphatic heterocycles. The minimum Gasteiger partial charge on any atom is -0.386 e. The molecule has 4 heterocycles. The van der Waals surface area contributed by atoms with E-state index in [1.165, 1.54) is 6.07 Å². The molecule has 4 rings (SSSR count). The number of carbonyl (C=O) groups is 1. The van der Waals surface area contributed by atoms with E-state index in [2.05, 4.69) is 15.6 Å². The standard InChI is InChI=1S/C22H24F3N5O2/c1-21(2,32)14-10-19-28-16(13-6-8-26-9-7-13)11-30(19)12-17(14)29-20(31)15-4-3-5-18(27-15)22(23,24)25/h3-5,10-13,26,32H,6-9H2,1-2H3,(H,29,31). The summed E-state index contributed by atoms with van der Waals surface area (Å²) in [5, 5.41) is 16.6. The van der Waals surface area contributed by atoms with E-state index < -0.39 is 23.4 Å². The van der Waals surface area contributed by atoms with Gasteiger partial charge < -0.3 is 20.1 Å². The molecule has 32 heavy (non-hydrogen) atoms. The molecule has 3 aromatic rings. The van der Waals surface area contributed by atoms with E-state index in [4.69, 9.17) is 4.98 Å². The van der Waals surface area contributed by atoms with E-state index in [-0.39, 0.29) is 11.4 Å². The van der Waals surface area contributed by atoms with Crippen LogP contribution in [-0.2, 0) is 11.8 Å². The first kappa shape index (κ1) is 22.2. The number of amides is 1. The Morgan fingerprint density at radius 3 is 2.56 bits per heavy atom. The summed E-state index contributed by atoms with van der Waals surface area (Å²) in [6.45, 7) is 4.96. The first-order valence-corrected chi connectivity index (χ1v) is 10.3. The van der Waals surface area contributed by atoms with Crippen molar-refractivity contribution in [1.82, 2.24) is 19.7 Å². The minimum atomic E-state index is -4.66. The van der Waals surface area contributed by atoms with Gasteiger partial charge in [-0.15, -0.1) is 0 Å². The van der Waals surface area contributed by atoms with Crippen molar-refractivity contribution in [3.8, 4) is 0 Å². The topological polar surface area (TPSA) is 91.5 Å². The average Bonchev–Trinajstić information content (AvgIpc) is 3.16. The maximum atomic E-state index is 13.0. The van der Waals surface area contributed by atoms with E-state index in [1.54, 1.807) is 30.5 Å². The molecule has 1 amide bonds. The molecular weight excluding hydrogens is 423 g/mol. The number of halogens is 3. The predicted molar refractivity (Wildman–Crippen MR) is 112 cm³/mol. The summed E-state index contributed by atoms with van der Waals surface area (Å²) < 4.78 is 40.7. The number of alkyl halides is 3. The third kappa shape index (κ3) is 4.61. The molecule has 1 fully saturated rings. The number of nitrogens with one attached hydrogen (secondary N) is 2. The highest BCUT2D eigenvalue weighted by Crippen LogP contribution is 2.32. The third-order valence-electron chi connectivity index (χ3n) is 5.55. The molecule has 170 valence electrons. The van der Waals surface area contributed by atoms with E-state index in [0.717, 1.165) is 43.8 Å². The molecule has 0 aliphatic carbocycles. The number of anilines is 1. The molecule has 3 aromatic heterocycles. The number of nitrogens with zero attached hydrogens (tertiary/aromatic N) is 3. The summed E-state index contributed by atoms with van der Waals surface area (Å²) >= 11 is 0. The first-order valence-electron chi connectivity index (χ1n) is 10.3. The molecule has 10 heteroatoms. The minimum absolute atomic E-state index is 0.267. The molecule has 0 saturated carbocycles. The van der Waals surface area contributed by atoms with Gasteiger partial charge in [0.05, 0.1) is 17.0 Å². The Morgan fingerprint density at radius 1 is 1.19 bits per heavy atom. The maximum Gasteiger partial charge on any atom is 0.433 e. The van der Waals surface area contributed by atoms with Crippen molar-refractivity contribution in [2.24, 2.45) is 0 Å². The Labute approximate surface area is 182 Å². The van der Waals surface area contributed by atoms with Gasteiger partial charge in [0, 0.05) is 23.9 Å². The molecule has 0 spiro atoms. The quantitative estimate of drug-likeness (QED) is 0.567. The lowest BCUT2D eigenvalue weighted by atomic mass is 9.95. The molecule has 0 bridgehead atoms. The highest BCUT2D eigenvalue weighted by atomic mass is 19.4. The molecule has 0 unspecified atom stereocenters. The number of hydrogen-bond acceptors (Lipinski definition) is 5. The summed E-state index contributed by atoms with van der Waals surface area (Å²) in [6, 6.07) is 4.82. The Balaban J connectivity index is 1.69. The SMILES string of the molecule is CC(C)(O)c1cc2nc(C3CCNCC3)cn2cc1NC(=O)c1cccc(C(F)(F)F)n1. The van der Waals surface area contributed by atoms with Crippen LogP contribution < -0.4 is 10.6 Å². The van der Waals surface area contributed by atoms with Crippen molar-refractivity contribution in [2.45, 2.75) is 44.4 Å². The van der Waals surface area contributed by atoms with Crippen molar-refractivity contribution >= 4 is 17.2 Å². The van der Waals surface area contributed by atoms with Gasteiger partial charge in [-0.1, -0.05) is 6.07 Å². The van der Waals surface area contributed by atoms with Crippen LogP contribution in [0.2, 0.25) is 0 Å². The van der Waals surface area contributed by atoms with Crippen molar-refractivity contribution in [1.29, 1.82) is 0 Å². The van der Waals surface area contributed by atoms with Crippen LogP contribution >= 0.6 is 0 Å². The van der Waals surface area contributed by atoms with Crippen LogP contribution in [0.25, 0.3) is 5.65 Å². The lowest BCUT2D eigenvalue weighted by Gasteiger charge is -2.22. The summed E-state index contributed by atoms with van der Waals surface area (Å²) in [4.78, 5) is 20.8. The predicted octanol–water partition coefficient (Wildman–Crippen LogP) is 3.69. The van der Waals surface area contributed by atoms with Gasteiger partial charge in [0.1, 0.15) is 17.0 Å². The molecule has 0 aromatic carbocycles. The zero-order valence-corrected chi connectivity index (χ0v) is 17.7. The van der Waals surface area contributed by atoms with Gasteiger partial charge in [0.25, 0.3) is 5.91 Å². The van der Waals surface area contributed by atoms with Crippen LogP contribution in [0.5, 0.6) is 0 Å². The monoisotopic (exact) mass is 447 g/mol.